The van der Waals surface area contributed by atoms with E-state index in [1.807, 2.05) is 19.2 Å². The highest BCUT2D eigenvalue weighted by molar-refractivity contribution is 9.11. The Labute approximate surface area is 101 Å². The number of amides is 1. The lowest BCUT2D eigenvalue weighted by Gasteiger charge is -2.13. The SMILES string of the molecule is CNCC1(C(=O)Nc2ccc(Br)s2)CC1. The first-order chi connectivity index (χ1) is 7.16. The van der Waals surface area contributed by atoms with Gasteiger partial charge in [0.05, 0.1) is 14.2 Å². The normalized spacial score (nSPS) is 17.5. The minimum Gasteiger partial charge on any atom is -0.319 e. The van der Waals surface area contributed by atoms with Crippen LogP contribution in [0.2, 0.25) is 0 Å². The fraction of sp³-hybridized carbons (Fsp3) is 0.500. The van der Waals surface area contributed by atoms with Gasteiger partial charge in [0.15, 0.2) is 0 Å². The molecule has 0 radical (unpaired) electrons. The fourth-order valence-corrected chi connectivity index (χ4v) is 2.88. The molecule has 2 rings (SSSR count). The summed E-state index contributed by atoms with van der Waals surface area (Å²) in [7, 11) is 1.88. The Bertz CT molecular complexity index is 373. The summed E-state index contributed by atoms with van der Waals surface area (Å²) >= 11 is 4.92. The number of halogens is 1. The highest BCUT2D eigenvalue weighted by Crippen LogP contribution is 2.46. The smallest absolute Gasteiger partial charge is 0.232 e. The number of nitrogens with one attached hydrogen (secondary N) is 2. The summed E-state index contributed by atoms with van der Waals surface area (Å²) in [6.45, 7) is 0.769. The molecule has 3 nitrogen and oxygen atoms in total. The van der Waals surface area contributed by atoms with E-state index >= 15 is 0 Å². The number of hydrogen-bond donors (Lipinski definition) is 2. The largest absolute Gasteiger partial charge is 0.319 e. The third kappa shape index (κ3) is 2.41. The number of carbonyl (C=O) groups excluding carboxylic acids is 1. The molecule has 0 bridgehead atoms. The Morgan fingerprint density at radius 3 is 2.80 bits per heavy atom. The van der Waals surface area contributed by atoms with E-state index in [0.29, 0.717) is 0 Å². The summed E-state index contributed by atoms with van der Waals surface area (Å²) in [5.41, 5.74) is -0.148. The second kappa shape index (κ2) is 4.23. The van der Waals surface area contributed by atoms with E-state index in [-0.39, 0.29) is 11.3 Å². The lowest BCUT2D eigenvalue weighted by molar-refractivity contribution is -0.120. The van der Waals surface area contributed by atoms with Crippen LogP contribution in [0.3, 0.4) is 0 Å². The molecular formula is C10H13BrN2OS. The number of rotatable bonds is 4. The molecule has 1 fully saturated rings. The molecular weight excluding hydrogens is 276 g/mol. The van der Waals surface area contributed by atoms with Crippen molar-refractivity contribution in [3.63, 3.8) is 0 Å². The maximum absolute atomic E-state index is 11.9. The standard InChI is InChI=1S/C10H13BrN2OS/c1-12-6-10(4-5-10)9(14)13-8-3-2-7(11)15-8/h2-3,12H,4-6H2,1H3,(H,13,14). The van der Waals surface area contributed by atoms with Gasteiger partial charge in [-0.3, -0.25) is 4.79 Å². The molecule has 0 saturated heterocycles. The molecule has 1 amide bonds. The molecule has 0 atom stereocenters. The second-order valence-corrected chi connectivity index (χ2v) is 6.33. The minimum absolute atomic E-state index is 0.145. The zero-order valence-electron chi connectivity index (χ0n) is 8.47. The summed E-state index contributed by atoms with van der Waals surface area (Å²) in [5, 5.41) is 6.95. The van der Waals surface area contributed by atoms with Gasteiger partial charge in [-0.15, -0.1) is 11.3 Å². The first-order valence-corrected chi connectivity index (χ1v) is 6.49. The predicted molar refractivity (Wildman–Crippen MR) is 66.2 cm³/mol. The van der Waals surface area contributed by atoms with Crippen molar-refractivity contribution in [2.45, 2.75) is 12.8 Å². The molecule has 0 unspecified atom stereocenters. The van der Waals surface area contributed by atoms with E-state index in [2.05, 4.69) is 26.6 Å². The quantitative estimate of drug-likeness (QED) is 0.894. The second-order valence-electron chi connectivity index (χ2n) is 3.87. The van der Waals surface area contributed by atoms with Gasteiger partial charge in [-0.05, 0) is 48.0 Å². The average molecular weight is 289 g/mol. The highest BCUT2D eigenvalue weighted by Gasteiger charge is 2.49. The van der Waals surface area contributed by atoms with Gasteiger partial charge in [0.1, 0.15) is 0 Å². The maximum Gasteiger partial charge on any atom is 0.232 e. The van der Waals surface area contributed by atoms with Crippen LogP contribution in [0.5, 0.6) is 0 Å². The number of thiophene rings is 1. The number of hydrogen-bond acceptors (Lipinski definition) is 3. The molecule has 1 aliphatic carbocycles. The Kier molecular flexibility index (Phi) is 3.13. The van der Waals surface area contributed by atoms with Crippen LogP contribution in [0.4, 0.5) is 5.00 Å². The zero-order chi connectivity index (χ0) is 10.9. The van der Waals surface area contributed by atoms with Gasteiger partial charge in [-0.25, -0.2) is 0 Å². The van der Waals surface area contributed by atoms with Crippen LogP contribution in [0.25, 0.3) is 0 Å². The highest BCUT2D eigenvalue weighted by atomic mass is 79.9. The van der Waals surface area contributed by atoms with E-state index in [0.717, 1.165) is 28.2 Å². The summed E-state index contributed by atoms with van der Waals surface area (Å²) in [5.74, 6) is 0.145. The first kappa shape index (κ1) is 11.1. The predicted octanol–water partition coefficient (Wildman–Crippen LogP) is 2.45. The van der Waals surface area contributed by atoms with Crippen LogP contribution in [-0.4, -0.2) is 19.5 Å². The van der Waals surface area contributed by atoms with Gasteiger partial charge < -0.3 is 10.6 Å². The molecule has 0 aliphatic heterocycles. The van der Waals surface area contributed by atoms with E-state index in [4.69, 9.17) is 0 Å². The molecule has 1 heterocycles. The van der Waals surface area contributed by atoms with Crippen molar-refractivity contribution in [2.75, 3.05) is 18.9 Å². The summed E-state index contributed by atoms with van der Waals surface area (Å²) in [6.07, 6.45) is 1.98. The van der Waals surface area contributed by atoms with Gasteiger partial charge in [0, 0.05) is 6.54 Å². The third-order valence-electron chi connectivity index (χ3n) is 2.66. The summed E-state index contributed by atoms with van der Waals surface area (Å²) in [4.78, 5) is 11.9. The number of carbonyl (C=O) groups is 1. The average Bonchev–Trinajstić information content (AvgIpc) is 2.86. The lowest BCUT2D eigenvalue weighted by atomic mass is 10.1. The van der Waals surface area contributed by atoms with Crippen molar-refractivity contribution in [3.05, 3.63) is 15.9 Å². The molecule has 2 N–H and O–H groups in total. The van der Waals surface area contributed by atoms with E-state index in [9.17, 15) is 4.79 Å². The van der Waals surface area contributed by atoms with Crippen molar-refractivity contribution >= 4 is 38.2 Å². The molecule has 1 aromatic rings. The Balaban J connectivity index is 1.98. The fourth-order valence-electron chi connectivity index (χ4n) is 1.60. The third-order valence-corrected chi connectivity index (χ3v) is 4.20. The molecule has 0 aromatic carbocycles. The molecule has 1 saturated carbocycles. The van der Waals surface area contributed by atoms with Gasteiger partial charge >= 0.3 is 0 Å². The van der Waals surface area contributed by atoms with Crippen LogP contribution in [-0.2, 0) is 4.79 Å². The van der Waals surface area contributed by atoms with Gasteiger partial charge in [0.2, 0.25) is 5.91 Å². The van der Waals surface area contributed by atoms with Crippen molar-refractivity contribution < 1.29 is 4.79 Å². The molecule has 82 valence electrons. The van der Waals surface area contributed by atoms with Crippen molar-refractivity contribution in [1.82, 2.24) is 5.32 Å². The van der Waals surface area contributed by atoms with Gasteiger partial charge in [0.25, 0.3) is 0 Å². The van der Waals surface area contributed by atoms with E-state index in [1.165, 1.54) is 0 Å². The first-order valence-electron chi connectivity index (χ1n) is 4.88. The Morgan fingerprint density at radius 2 is 2.33 bits per heavy atom. The van der Waals surface area contributed by atoms with Gasteiger partial charge in [-0.2, -0.15) is 0 Å². The van der Waals surface area contributed by atoms with Crippen LogP contribution in [0, 0.1) is 5.41 Å². The van der Waals surface area contributed by atoms with E-state index in [1.54, 1.807) is 11.3 Å². The van der Waals surface area contributed by atoms with Crippen LogP contribution < -0.4 is 10.6 Å². The zero-order valence-corrected chi connectivity index (χ0v) is 10.9. The Morgan fingerprint density at radius 1 is 1.60 bits per heavy atom. The summed E-state index contributed by atoms with van der Waals surface area (Å²) < 4.78 is 1.04. The van der Waals surface area contributed by atoms with Crippen molar-refractivity contribution in [3.8, 4) is 0 Å². The number of anilines is 1. The maximum atomic E-state index is 11.9. The minimum atomic E-state index is -0.148. The monoisotopic (exact) mass is 288 g/mol. The Hall–Kier alpha value is -0.390. The van der Waals surface area contributed by atoms with Crippen molar-refractivity contribution in [2.24, 2.45) is 5.41 Å². The molecule has 5 heteroatoms. The molecule has 1 aromatic heterocycles. The summed E-state index contributed by atoms with van der Waals surface area (Å²) in [6, 6.07) is 3.86. The van der Waals surface area contributed by atoms with Crippen molar-refractivity contribution in [1.29, 1.82) is 0 Å². The van der Waals surface area contributed by atoms with E-state index < -0.39 is 0 Å². The molecule has 1 aliphatic rings. The van der Waals surface area contributed by atoms with Crippen LogP contribution >= 0.6 is 27.3 Å². The van der Waals surface area contributed by atoms with Gasteiger partial charge in [-0.1, -0.05) is 0 Å². The topological polar surface area (TPSA) is 41.1 Å². The molecule has 15 heavy (non-hydrogen) atoms. The lowest BCUT2D eigenvalue weighted by Crippen LogP contribution is -2.32. The molecule has 0 spiro atoms. The van der Waals surface area contributed by atoms with Crippen LogP contribution in [0.15, 0.2) is 15.9 Å². The van der Waals surface area contributed by atoms with Crippen LogP contribution in [0.1, 0.15) is 12.8 Å².